The van der Waals surface area contributed by atoms with Crippen molar-refractivity contribution in [3.8, 4) is 22.6 Å². The van der Waals surface area contributed by atoms with Crippen LogP contribution < -0.4 is 9.47 Å². The van der Waals surface area contributed by atoms with Crippen molar-refractivity contribution in [2.24, 2.45) is 0 Å². The van der Waals surface area contributed by atoms with E-state index in [4.69, 9.17) is 28.4 Å². The van der Waals surface area contributed by atoms with E-state index in [1.54, 1.807) is 42.7 Å². The normalized spacial score (nSPS) is 17.1. The van der Waals surface area contributed by atoms with Crippen molar-refractivity contribution in [3.63, 3.8) is 0 Å². The summed E-state index contributed by atoms with van der Waals surface area (Å²) in [5, 5.41) is 0. The first-order chi connectivity index (χ1) is 20.6. The highest BCUT2D eigenvalue weighted by molar-refractivity contribution is 5.80. The van der Waals surface area contributed by atoms with Gasteiger partial charge in [-0.25, -0.2) is 0 Å². The number of rotatable bonds is 9. The molecule has 4 aromatic rings. The fraction of sp³-hybridized carbons (Fsp3) is 0.222. The van der Waals surface area contributed by atoms with Crippen molar-refractivity contribution in [2.75, 3.05) is 42.7 Å². The van der Waals surface area contributed by atoms with E-state index in [0.717, 1.165) is 67.5 Å². The molecule has 2 atom stereocenters. The van der Waals surface area contributed by atoms with Crippen LogP contribution in [0.2, 0.25) is 0 Å². The fourth-order valence-electron chi connectivity index (χ4n) is 6.42. The van der Waals surface area contributed by atoms with Gasteiger partial charge in [-0.05, 0) is 45.5 Å². The summed E-state index contributed by atoms with van der Waals surface area (Å²) in [6.07, 6.45) is 0. The molecule has 0 bridgehead atoms. The molecule has 0 saturated heterocycles. The smallest absolute Gasteiger partial charge is 0.168 e. The molecule has 0 aromatic heterocycles. The molecule has 0 aliphatic heterocycles. The van der Waals surface area contributed by atoms with Gasteiger partial charge in [-0.15, -0.1) is 0 Å². The molecule has 6 rings (SSSR count). The van der Waals surface area contributed by atoms with Crippen molar-refractivity contribution < 1.29 is 28.4 Å². The van der Waals surface area contributed by atoms with E-state index in [9.17, 15) is 0 Å². The standard InChI is InChI=1S/C36H34O6/c1-37-27-11-7-9-25-29(33(39-3)35(41-5)31(25)27)23-17-13-21(14-18-23)22-15-19-24(20-16-22)30-26-10-8-12-28(38-2)32(26)36(42-6)34(30)40-4/h7-20,29-30H,1-6H3. The topological polar surface area (TPSA) is 55.4 Å². The average molecular weight is 563 g/mol. The molecule has 0 N–H and O–H groups in total. The van der Waals surface area contributed by atoms with Crippen molar-refractivity contribution in [1.29, 1.82) is 0 Å². The molecule has 42 heavy (non-hydrogen) atoms. The number of methoxy groups -OCH3 is 6. The molecule has 0 amide bonds. The summed E-state index contributed by atoms with van der Waals surface area (Å²) in [6, 6.07) is 29.4. The van der Waals surface area contributed by atoms with Crippen LogP contribution in [0.3, 0.4) is 0 Å². The van der Waals surface area contributed by atoms with Crippen molar-refractivity contribution >= 4 is 11.5 Å². The summed E-state index contributed by atoms with van der Waals surface area (Å²) in [7, 11) is 10.1. The third-order valence-electron chi connectivity index (χ3n) is 8.27. The molecular weight excluding hydrogens is 528 g/mol. The number of ether oxygens (including phenoxy) is 6. The highest BCUT2D eigenvalue weighted by Crippen LogP contribution is 2.51. The number of benzene rings is 4. The van der Waals surface area contributed by atoms with Gasteiger partial charge in [0.1, 0.15) is 23.0 Å². The van der Waals surface area contributed by atoms with Gasteiger partial charge in [0.15, 0.2) is 11.5 Å². The quantitative estimate of drug-likeness (QED) is 0.210. The molecule has 2 unspecified atom stereocenters. The van der Waals surface area contributed by atoms with E-state index >= 15 is 0 Å². The number of hydrogen-bond donors (Lipinski definition) is 0. The fourth-order valence-corrected chi connectivity index (χ4v) is 6.42. The van der Waals surface area contributed by atoms with E-state index in [1.165, 1.54) is 0 Å². The second kappa shape index (κ2) is 11.2. The maximum Gasteiger partial charge on any atom is 0.168 e. The van der Waals surface area contributed by atoms with Crippen molar-refractivity contribution in [3.05, 3.63) is 130 Å². The van der Waals surface area contributed by atoms with Crippen LogP contribution in [-0.2, 0) is 18.9 Å². The molecule has 0 radical (unpaired) electrons. The highest BCUT2D eigenvalue weighted by atomic mass is 16.5. The first-order valence-corrected chi connectivity index (χ1v) is 13.8. The molecule has 4 aromatic carbocycles. The summed E-state index contributed by atoms with van der Waals surface area (Å²) in [6.45, 7) is 0. The van der Waals surface area contributed by atoms with Crippen molar-refractivity contribution in [2.45, 2.75) is 11.8 Å². The molecule has 0 fully saturated rings. The van der Waals surface area contributed by atoms with Gasteiger partial charge in [0, 0.05) is 0 Å². The molecule has 2 aliphatic carbocycles. The molecule has 6 heteroatoms. The summed E-state index contributed by atoms with van der Waals surface area (Å²) in [4.78, 5) is 0. The maximum absolute atomic E-state index is 5.88. The third-order valence-corrected chi connectivity index (χ3v) is 8.27. The monoisotopic (exact) mass is 562 g/mol. The average Bonchev–Trinajstić information content (AvgIpc) is 3.56. The van der Waals surface area contributed by atoms with E-state index < -0.39 is 0 Å². The number of allylic oxidation sites excluding steroid dienone is 2. The largest absolute Gasteiger partial charge is 0.496 e. The highest BCUT2D eigenvalue weighted by Gasteiger charge is 2.38. The summed E-state index contributed by atoms with van der Waals surface area (Å²) in [5.74, 6) is 4.35. The molecule has 2 aliphatic rings. The molecule has 0 saturated carbocycles. The van der Waals surface area contributed by atoms with Crippen LogP contribution in [0.25, 0.3) is 22.6 Å². The molecule has 214 valence electrons. The maximum atomic E-state index is 5.88. The SMILES string of the molecule is COC1=C(OC)C(c2ccc(-c3ccc(C4C(OC)=C(OC)c5c(OC)cccc54)cc3)cc2)c2cccc(OC)c21. The van der Waals surface area contributed by atoms with Crippen LogP contribution in [-0.4, -0.2) is 42.7 Å². The van der Waals surface area contributed by atoms with Crippen LogP contribution in [0.5, 0.6) is 11.5 Å². The van der Waals surface area contributed by atoms with E-state index in [1.807, 2.05) is 24.3 Å². The Balaban J connectivity index is 1.32. The minimum atomic E-state index is -0.0832. The Morgan fingerprint density at radius 3 is 1.10 bits per heavy atom. The first kappa shape index (κ1) is 27.3. The summed E-state index contributed by atoms with van der Waals surface area (Å²) < 4.78 is 34.7. The second-order valence-electron chi connectivity index (χ2n) is 10.2. The Labute approximate surface area is 246 Å². The van der Waals surface area contributed by atoms with Gasteiger partial charge >= 0.3 is 0 Å². The Hall–Kier alpha value is -4.84. The van der Waals surface area contributed by atoms with Crippen LogP contribution in [0.15, 0.2) is 96.4 Å². The van der Waals surface area contributed by atoms with Gasteiger partial charge < -0.3 is 28.4 Å². The van der Waals surface area contributed by atoms with Gasteiger partial charge in [-0.1, -0.05) is 72.8 Å². The summed E-state index contributed by atoms with van der Waals surface area (Å²) >= 11 is 0. The minimum Gasteiger partial charge on any atom is -0.496 e. The predicted octanol–water partition coefficient (Wildman–Crippen LogP) is 7.58. The Kier molecular flexibility index (Phi) is 7.29. The molecular formula is C36H34O6. The molecule has 0 spiro atoms. The van der Waals surface area contributed by atoms with Gasteiger partial charge in [0.25, 0.3) is 0 Å². The second-order valence-corrected chi connectivity index (χ2v) is 10.2. The molecule has 6 nitrogen and oxygen atoms in total. The van der Waals surface area contributed by atoms with Crippen molar-refractivity contribution in [1.82, 2.24) is 0 Å². The zero-order valence-corrected chi connectivity index (χ0v) is 24.7. The van der Waals surface area contributed by atoms with Gasteiger partial charge in [0.2, 0.25) is 0 Å². The van der Waals surface area contributed by atoms with Crippen LogP contribution in [0.4, 0.5) is 0 Å². The zero-order chi connectivity index (χ0) is 29.4. The van der Waals surface area contributed by atoms with E-state index in [-0.39, 0.29) is 11.8 Å². The Morgan fingerprint density at radius 1 is 0.405 bits per heavy atom. The van der Waals surface area contributed by atoms with Gasteiger partial charge in [0.05, 0.1) is 65.6 Å². The van der Waals surface area contributed by atoms with Crippen LogP contribution >= 0.6 is 0 Å². The first-order valence-electron chi connectivity index (χ1n) is 13.8. The van der Waals surface area contributed by atoms with Crippen LogP contribution in [0.1, 0.15) is 45.2 Å². The Bertz CT molecular complexity index is 1550. The third kappa shape index (κ3) is 4.17. The van der Waals surface area contributed by atoms with Gasteiger partial charge in [-0.3, -0.25) is 0 Å². The van der Waals surface area contributed by atoms with E-state index in [2.05, 4.69) is 60.7 Å². The predicted molar refractivity (Wildman–Crippen MR) is 163 cm³/mol. The summed E-state index contributed by atoms with van der Waals surface area (Å²) in [5.41, 5.74) is 8.57. The number of hydrogen-bond acceptors (Lipinski definition) is 6. The Morgan fingerprint density at radius 2 is 0.786 bits per heavy atom. The lowest BCUT2D eigenvalue weighted by atomic mass is 9.89. The van der Waals surface area contributed by atoms with Gasteiger partial charge in [-0.2, -0.15) is 0 Å². The van der Waals surface area contributed by atoms with E-state index in [0.29, 0.717) is 11.5 Å². The minimum absolute atomic E-state index is 0.0832. The zero-order valence-electron chi connectivity index (χ0n) is 24.7. The van der Waals surface area contributed by atoms with Crippen LogP contribution in [0, 0.1) is 0 Å². The lowest BCUT2D eigenvalue weighted by molar-refractivity contribution is 0.255. The lowest BCUT2D eigenvalue weighted by Crippen LogP contribution is -2.04. The molecule has 0 heterocycles. The lowest BCUT2D eigenvalue weighted by Gasteiger charge is -2.18. The number of fused-ring (bicyclic) bond motifs is 2.